The predicted molar refractivity (Wildman–Crippen MR) is 83.0 cm³/mol. The van der Waals surface area contributed by atoms with Crippen molar-refractivity contribution in [3.8, 4) is 0 Å². The van der Waals surface area contributed by atoms with Crippen LogP contribution in [0.15, 0.2) is 17.3 Å². The standard InChI is InChI=1S/C14H19BF3N3O2/c1-12(2)13(3,4)23-15(22-12)10-7-20-11(21-8-19-5)6-9(10)14(16,17)18/h6-8H,1-5H3,(H,19,20,21). The summed E-state index contributed by atoms with van der Waals surface area (Å²) in [5.74, 6) is 0.0446. The molecule has 5 nitrogen and oxygen atoms in total. The third-order valence-electron chi connectivity index (χ3n) is 4.09. The Morgan fingerprint density at radius 3 is 2.26 bits per heavy atom. The van der Waals surface area contributed by atoms with E-state index in [9.17, 15) is 13.2 Å². The van der Waals surface area contributed by atoms with Crippen LogP contribution in [0, 0.1) is 0 Å². The molecule has 9 heteroatoms. The van der Waals surface area contributed by atoms with Crippen LogP contribution in [0.25, 0.3) is 0 Å². The molecule has 1 saturated heterocycles. The summed E-state index contributed by atoms with van der Waals surface area (Å²) in [6.45, 7) is 7.12. The zero-order chi connectivity index (χ0) is 17.5. The quantitative estimate of drug-likeness (QED) is 0.526. The molecule has 0 bridgehead atoms. The van der Waals surface area contributed by atoms with Gasteiger partial charge in [0.05, 0.1) is 23.1 Å². The highest BCUT2D eigenvalue weighted by atomic mass is 19.4. The molecule has 126 valence electrons. The van der Waals surface area contributed by atoms with Crippen molar-refractivity contribution in [2.45, 2.75) is 45.1 Å². The fourth-order valence-electron chi connectivity index (χ4n) is 2.08. The molecular formula is C14H19BF3N3O2. The van der Waals surface area contributed by atoms with Gasteiger partial charge in [0.2, 0.25) is 0 Å². The fraction of sp³-hybridized carbons (Fsp3) is 0.571. The van der Waals surface area contributed by atoms with Gasteiger partial charge in [0.15, 0.2) is 0 Å². The van der Waals surface area contributed by atoms with Crippen LogP contribution < -0.4 is 10.8 Å². The Kier molecular flexibility index (Phi) is 4.47. The molecule has 23 heavy (non-hydrogen) atoms. The van der Waals surface area contributed by atoms with E-state index in [0.29, 0.717) is 0 Å². The highest BCUT2D eigenvalue weighted by Gasteiger charge is 2.53. The lowest BCUT2D eigenvalue weighted by molar-refractivity contribution is -0.136. The van der Waals surface area contributed by atoms with Crippen LogP contribution >= 0.6 is 0 Å². The second-order valence-electron chi connectivity index (χ2n) is 6.27. The highest BCUT2D eigenvalue weighted by molar-refractivity contribution is 6.62. The van der Waals surface area contributed by atoms with E-state index in [-0.39, 0.29) is 11.3 Å². The van der Waals surface area contributed by atoms with E-state index in [0.717, 1.165) is 12.3 Å². The first-order chi connectivity index (χ1) is 10.5. The van der Waals surface area contributed by atoms with Crippen LogP contribution in [0.1, 0.15) is 33.3 Å². The van der Waals surface area contributed by atoms with Gasteiger partial charge in [-0.25, -0.2) is 4.98 Å². The molecule has 1 aromatic heterocycles. The molecular weight excluding hydrogens is 310 g/mol. The zero-order valence-electron chi connectivity index (χ0n) is 13.7. The number of hydrogen-bond acceptors (Lipinski definition) is 4. The molecule has 0 spiro atoms. The molecule has 1 fully saturated rings. The van der Waals surface area contributed by atoms with Crippen LogP contribution in [-0.2, 0) is 15.5 Å². The lowest BCUT2D eigenvalue weighted by atomic mass is 9.77. The van der Waals surface area contributed by atoms with E-state index in [1.807, 2.05) is 0 Å². The summed E-state index contributed by atoms with van der Waals surface area (Å²) in [5, 5.41) is 2.57. The number of pyridine rings is 1. The molecule has 0 atom stereocenters. The minimum Gasteiger partial charge on any atom is -0.399 e. The van der Waals surface area contributed by atoms with Gasteiger partial charge in [0.1, 0.15) is 5.82 Å². The number of anilines is 1. The molecule has 0 saturated carbocycles. The summed E-state index contributed by atoms with van der Waals surface area (Å²) in [6.07, 6.45) is -2.17. The Morgan fingerprint density at radius 1 is 1.22 bits per heavy atom. The molecule has 0 aliphatic carbocycles. The topological polar surface area (TPSA) is 55.7 Å². The lowest BCUT2D eigenvalue weighted by Crippen LogP contribution is -2.41. The molecule has 1 aliphatic rings. The van der Waals surface area contributed by atoms with Gasteiger partial charge in [-0.15, -0.1) is 0 Å². The monoisotopic (exact) mass is 329 g/mol. The normalized spacial score (nSPS) is 20.3. The molecule has 0 radical (unpaired) electrons. The lowest BCUT2D eigenvalue weighted by Gasteiger charge is -2.32. The first-order valence-electron chi connectivity index (χ1n) is 7.08. The highest BCUT2D eigenvalue weighted by Crippen LogP contribution is 2.38. The van der Waals surface area contributed by atoms with Crippen molar-refractivity contribution in [3.05, 3.63) is 17.8 Å². The van der Waals surface area contributed by atoms with Crippen molar-refractivity contribution in [1.82, 2.24) is 4.98 Å². The minimum absolute atomic E-state index is 0.0446. The van der Waals surface area contributed by atoms with Crippen molar-refractivity contribution in [1.29, 1.82) is 0 Å². The van der Waals surface area contributed by atoms with Crippen LogP contribution in [-0.4, -0.2) is 36.7 Å². The Labute approximate surface area is 133 Å². The van der Waals surface area contributed by atoms with Crippen molar-refractivity contribution >= 4 is 24.7 Å². The molecule has 1 aliphatic heterocycles. The van der Waals surface area contributed by atoms with Crippen LogP contribution in [0.2, 0.25) is 0 Å². The van der Waals surface area contributed by atoms with Crippen molar-refractivity contribution in [2.75, 3.05) is 12.4 Å². The summed E-state index contributed by atoms with van der Waals surface area (Å²) >= 11 is 0. The molecule has 1 aromatic rings. The molecule has 0 amide bonds. The maximum absolute atomic E-state index is 13.4. The Balaban J connectivity index is 2.43. The van der Waals surface area contributed by atoms with Crippen molar-refractivity contribution < 1.29 is 22.5 Å². The third kappa shape index (κ3) is 3.50. The van der Waals surface area contributed by atoms with Gasteiger partial charge in [-0.2, -0.15) is 13.2 Å². The Morgan fingerprint density at radius 2 is 1.78 bits per heavy atom. The van der Waals surface area contributed by atoms with Gasteiger partial charge in [-0.1, -0.05) is 0 Å². The number of nitrogens with zero attached hydrogens (tertiary/aromatic N) is 2. The fourth-order valence-corrected chi connectivity index (χ4v) is 2.08. The second-order valence-corrected chi connectivity index (χ2v) is 6.27. The maximum Gasteiger partial charge on any atom is 0.497 e. The first-order valence-corrected chi connectivity index (χ1v) is 7.08. The summed E-state index contributed by atoms with van der Waals surface area (Å²) in [4.78, 5) is 7.62. The summed E-state index contributed by atoms with van der Waals surface area (Å²) < 4.78 is 51.6. The predicted octanol–water partition coefficient (Wildman–Crippen LogP) is 2.47. The van der Waals surface area contributed by atoms with Gasteiger partial charge in [-0.05, 0) is 33.8 Å². The first kappa shape index (κ1) is 17.7. The van der Waals surface area contributed by atoms with Crippen molar-refractivity contribution in [2.24, 2.45) is 4.99 Å². The average molecular weight is 329 g/mol. The third-order valence-corrected chi connectivity index (χ3v) is 4.09. The van der Waals surface area contributed by atoms with Gasteiger partial charge >= 0.3 is 13.3 Å². The molecule has 1 N–H and O–H groups in total. The number of halogens is 3. The largest absolute Gasteiger partial charge is 0.497 e. The maximum atomic E-state index is 13.4. The number of aliphatic imine (C=N–C) groups is 1. The number of nitrogens with one attached hydrogen (secondary N) is 1. The summed E-state index contributed by atoms with van der Waals surface area (Å²) in [5.41, 5.74) is -2.45. The zero-order valence-corrected chi connectivity index (χ0v) is 13.7. The van der Waals surface area contributed by atoms with Crippen LogP contribution in [0.3, 0.4) is 0 Å². The van der Waals surface area contributed by atoms with E-state index in [1.54, 1.807) is 27.7 Å². The van der Waals surface area contributed by atoms with E-state index in [4.69, 9.17) is 9.31 Å². The smallest absolute Gasteiger partial charge is 0.399 e. The number of alkyl halides is 3. The van der Waals surface area contributed by atoms with Crippen LogP contribution in [0.5, 0.6) is 0 Å². The van der Waals surface area contributed by atoms with Crippen LogP contribution in [0.4, 0.5) is 19.0 Å². The van der Waals surface area contributed by atoms with E-state index in [2.05, 4.69) is 15.3 Å². The SMILES string of the molecule is CN=CNc1cc(C(F)(F)F)c(B2OC(C)(C)C(C)(C)O2)cn1. The van der Waals surface area contributed by atoms with Gasteiger partial charge in [-0.3, -0.25) is 4.99 Å². The summed E-state index contributed by atoms with van der Waals surface area (Å²) in [6, 6.07) is 0.919. The van der Waals surface area contributed by atoms with E-state index in [1.165, 1.54) is 13.4 Å². The number of aromatic nitrogens is 1. The van der Waals surface area contributed by atoms with Gasteiger partial charge in [0, 0.05) is 18.7 Å². The van der Waals surface area contributed by atoms with Crippen molar-refractivity contribution in [3.63, 3.8) is 0 Å². The molecule has 2 rings (SSSR count). The van der Waals surface area contributed by atoms with Gasteiger partial charge < -0.3 is 14.6 Å². The molecule has 2 heterocycles. The second kappa shape index (κ2) is 5.79. The average Bonchev–Trinajstić information content (AvgIpc) is 2.64. The number of hydrogen-bond donors (Lipinski definition) is 1. The van der Waals surface area contributed by atoms with Gasteiger partial charge in [0.25, 0.3) is 0 Å². The van der Waals surface area contributed by atoms with E-state index >= 15 is 0 Å². The Hall–Kier alpha value is -1.61. The minimum atomic E-state index is -4.55. The molecule has 0 aromatic carbocycles. The molecule has 0 unspecified atom stereocenters. The summed E-state index contributed by atoms with van der Waals surface area (Å²) in [7, 11) is 0.370. The van der Waals surface area contributed by atoms with E-state index < -0.39 is 30.1 Å². The Bertz CT molecular complexity index is 602. The number of rotatable bonds is 3.